The molecule has 0 aromatic heterocycles. The molecule has 0 radical (unpaired) electrons. The molecular weight excluding hydrogens is 354 g/mol. The number of hydrogen-bond acceptors (Lipinski definition) is 2. The highest BCUT2D eigenvalue weighted by molar-refractivity contribution is 9.10. The van der Waals surface area contributed by atoms with E-state index in [1.54, 1.807) is 0 Å². The summed E-state index contributed by atoms with van der Waals surface area (Å²) in [5.41, 5.74) is -0.0765. The first-order valence-electron chi connectivity index (χ1n) is 5.47. The number of rotatable bonds is 3. The molecular formula is C14H8BrClF2O2. The van der Waals surface area contributed by atoms with Crippen LogP contribution in [0.4, 0.5) is 8.78 Å². The standard InChI is InChI=1S/C14H8BrClF2O2/c1-20-11-6-7(2-5-10(11)17)14(19)8-3-4-9(15)12(16)13(8)18/h2-6H,1H3. The van der Waals surface area contributed by atoms with Crippen molar-refractivity contribution in [1.82, 2.24) is 0 Å². The summed E-state index contributed by atoms with van der Waals surface area (Å²) in [4.78, 5) is 12.2. The lowest BCUT2D eigenvalue weighted by molar-refractivity contribution is 0.103. The largest absolute Gasteiger partial charge is 0.494 e. The van der Waals surface area contributed by atoms with E-state index < -0.39 is 17.4 Å². The van der Waals surface area contributed by atoms with Crippen molar-refractivity contribution >= 4 is 33.3 Å². The van der Waals surface area contributed by atoms with E-state index in [0.29, 0.717) is 4.47 Å². The number of ether oxygens (including phenoxy) is 1. The quantitative estimate of drug-likeness (QED) is 0.589. The topological polar surface area (TPSA) is 26.3 Å². The Hall–Kier alpha value is -1.46. The van der Waals surface area contributed by atoms with E-state index in [0.717, 1.165) is 6.07 Å². The summed E-state index contributed by atoms with van der Waals surface area (Å²) in [6.45, 7) is 0. The molecule has 0 amide bonds. The molecule has 0 unspecified atom stereocenters. The van der Waals surface area contributed by atoms with Gasteiger partial charge in [0.2, 0.25) is 0 Å². The zero-order valence-corrected chi connectivity index (χ0v) is 12.6. The van der Waals surface area contributed by atoms with Crippen LogP contribution in [-0.4, -0.2) is 12.9 Å². The maximum atomic E-state index is 14.0. The number of halogens is 4. The van der Waals surface area contributed by atoms with Crippen LogP contribution in [0.5, 0.6) is 5.75 Å². The van der Waals surface area contributed by atoms with Crippen molar-refractivity contribution in [3.05, 3.63) is 62.6 Å². The van der Waals surface area contributed by atoms with E-state index in [1.807, 2.05) is 0 Å². The molecule has 20 heavy (non-hydrogen) atoms. The Labute approximate surface area is 127 Å². The van der Waals surface area contributed by atoms with E-state index in [9.17, 15) is 13.6 Å². The minimum atomic E-state index is -0.825. The maximum absolute atomic E-state index is 14.0. The van der Waals surface area contributed by atoms with Gasteiger partial charge in [0.1, 0.15) is 0 Å². The summed E-state index contributed by atoms with van der Waals surface area (Å²) < 4.78 is 32.4. The normalized spacial score (nSPS) is 10.4. The Morgan fingerprint density at radius 1 is 1.25 bits per heavy atom. The lowest BCUT2D eigenvalue weighted by Gasteiger charge is -2.07. The minimum Gasteiger partial charge on any atom is -0.494 e. The van der Waals surface area contributed by atoms with Crippen molar-refractivity contribution in [3.8, 4) is 5.75 Å². The minimum absolute atomic E-state index is 0.0838. The molecule has 2 aromatic rings. The van der Waals surface area contributed by atoms with Crippen molar-refractivity contribution in [2.75, 3.05) is 7.11 Å². The summed E-state index contributed by atoms with van der Waals surface area (Å²) in [5, 5.41) is -0.176. The maximum Gasteiger partial charge on any atom is 0.196 e. The lowest BCUT2D eigenvalue weighted by atomic mass is 10.0. The molecule has 2 rings (SSSR count). The molecule has 0 saturated heterocycles. The van der Waals surface area contributed by atoms with Gasteiger partial charge in [-0.1, -0.05) is 11.6 Å². The van der Waals surface area contributed by atoms with E-state index >= 15 is 0 Å². The predicted octanol–water partition coefficient (Wildman–Crippen LogP) is 4.62. The fraction of sp³-hybridized carbons (Fsp3) is 0.0714. The third kappa shape index (κ3) is 2.69. The van der Waals surface area contributed by atoms with Crippen LogP contribution in [0.25, 0.3) is 0 Å². The predicted molar refractivity (Wildman–Crippen MR) is 75.5 cm³/mol. The zero-order valence-electron chi connectivity index (χ0n) is 10.2. The summed E-state index contributed by atoms with van der Waals surface area (Å²) in [5.74, 6) is -2.11. The van der Waals surface area contributed by atoms with Crippen LogP contribution in [0.1, 0.15) is 15.9 Å². The molecule has 0 spiro atoms. The van der Waals surface area contributed by atoms with Gasteiger partial charge in [0, 0.05) is 10.0 Å². The van der Waals surface area contributed by atoms with Crippen LogP contribution in [-0.2, 0) is 0 Å². The van der Waals surface area contributed by atoms with Crippen LogP contribution in [0.3, 0.4) is 0 Å². The molecule has 104 valence electrons. The highest BCUT2D eigenvalue weighted by Crippen LogP contribution is 2.29. The first kappa shape index (κ1) is 14.9. The average Bonchev–Trinajstić information content (AvgIpc) is 2.45. The molecule has 0 bridgehead atoms. The summed E-state index contributed by atoms with van der Waals surface area (Å²) in [7, 11) is 1.28. The molecule has 0 fully saturated rings. The van der Waals surface area contributed by atoms with E-state index in [-0.39, 0.29) is 21.9 Å². The third-order valence-corrected chi connectivity index (χ3v) is 3.95. The number of hydrogen-bond donors (Lipinski definition) is 0. The van der Waals surface area contributed by atoms with Gasteiger partial charge in [0.15, 0.2) is 23.2 Å². The van der Waals surface area contributed by atoms with Crippen LogP contribution in [0.15, 0.2) is 34.8 Å². The second kappa shape index (κ2) is 5.89. The van der Waals surface area contributed by atoms with Crippen LogP contribution in [0, 0.1) is 11.6 Å². The smallest absolute Gasteiger partial charge is 0.196 e. The molecule has 0 aliphatic heterocycles. The van der Waals surface area contributed by atoms with Crippen molar-refractivity contribution in [3.63, 3.8) is 0 Å². The average molecular weight is 362 g/mol. The van der Waals surface area contributed by atoms with E-state index in [4.69, 9.17) is 16.3 Å². The Balaban J connectivity index is 2.49. The van der Waals surface area contributed by atoms with E-state index in [1.165, 1.54) is 31.4 Å². The summed E-state index contributed by atoms with van der Waals surface area (Å²) in [6, 6.07) is 6.34. The molecule has 0 atom stereocenters. The van der Waals surface area contributed by atoms with Gasteiger partial charge < -0.3 is 4.74 Å². The number of benzene rings is 2. The van der Waals surface area contributed by atoms with Crippen molar-refractivity contribution in [2.24, 2.45) is 0 Å². The van der Waals surface area contributed by atoms with Gasteiger partial charge in [-0.05, 0) is 46.3 Å². The molecule has 0 saturated carbocycles. The third-order valence-electron chi connectivity index (χ3n) is 2.69. The van der Waals surface area contributed by atoms with Gasteiger partial charge >= 0.3 is 0 Å². The Kier molecular flexibility index (Phi) is 4.40. The van der Waals surface area contributed by atoms with Gasteiger partial charge in [-0.2, -0.15) is 0 Å². The Morgan fingerprint density at radius 2 is 1.95 bits per heavy atom. The van der Waals surface area contributed by atoms with Gasteiger partial charge in [-0.3, -0.25) is 4.79 Å². The first-order valence-corrected chi connectivity index (χ1v) is 6.64. The Bertz CT molecular complexity index is 689. The SMILES string of the molecule is COc1cc(C(=O)c2ccc(Br)c(Cl)c2F)ccc1F. The highest BCUT2D eigenvalue weighted by Gasteiger charge is 2.19. The zero-order chi connectivity index (χ0) is 14.9. The van der Waals surface area contributed by atoms with E-state index in [2.05, 4.69) is 15.9 Å². The number of ketones is 1. The molecule has 2 aromatic carbocycles. The second-order valence-electron chi connectivity index (χ2n) is 3.90. The first-order chi connectivity index (χ1) is 9.45. The number of methoxy groups -OCH3 is 1. The second-order valence-corrected chi connectivity index (χ2v) is 5.13. The summed E-state index contributed by atoms with van der Waals surface area (Å²) >= 11 is 8.80. The monoisotopic (exact) mass is 360 g/mol. The van der Waals surface area contributed by atoms with Crippen molar-refractivity contribution in [1.29, 1.82) is 0 Å². The molecule has 0 aliphatic carbocycles. The molecule has 0 heterocycles. The lowest BCUT2D eigenvalue weighted by Crippen LogP contribution is -2.05. The molecule has 2 nitrogen and oxygen atoms in total. The van der Waals surface area contributed by atoms with Crippen molar-refractivity contribution < 1.29 is 18.3 Å². The van der Waals surface area contributed by atoms with Gasteiger partial charge in [0.05, 0.1) is 17.7 Å². The Morgan fingerprint density at radius 3 is 2.60 bits per heavy atom. The van der Waals surface area contributed by atoms with Gasteiger partial charge in [-0.15, -0.1) is 0 Å². The molecule has 6 heteroatoms. The van der Waals surface area contributed by atoms with Gasteiger partial charge in [0.25, 0.3) is 0 Å². The summed E-state index contributed by atoms with van der Waals surface area (Å²) in [6.07, 6.45) is 0. The van der Waals surface area contributed by atoms with Crippen LogP contribution in [0.2, 0.25) is 5.02 Å². The van der Waals surface area contributed by atoms with Crippen molar-refractivity contribution in [2.45, 2.75) is 0 Å². The molecule has 0 N–H and O–H groups in total. The number of carbonyl (C=O) groups is 1. The van der Waals surface area contributed by atoms with Crippen LogP contribution >= 0.6 is 27.5 Å². The fourth-order valence-corrected chi connectivity index (χ4v) is 2.13. The van der Waals surface area contributed by atoms with Crippen LogP contribution < -0.4 is 4.74 Å². The fourth-order valence-electron chi connectivity index (χ4n) is 1.66. The molecule has 0 aliphatic rings. The number of carbonyl (C=O) groups excluding carboxylic acids is 1. The van der Waals surface area contributed by atoms with Gasteiger partial charge in [-0.25, -0.2) is 8.78 Å². The highest BCUT2D eigenvalue weighted by atomic mass is 79.9.